The first-order chi connectivity index (χ1) is 16.2. The fraction of sp³-hybridized carbons (Fsp3) is 0.292. The van der Waals surface area contributed by atoms with E-state index in [-0.39, 0.29) is 46.5 Å². The van der Waals surface area contributed by atoms with Crippen molar-refractivity contribution in [2.75, 3.05) is 25.6 Å². The first-order valence-corrected chi connectivity index (χ1v) is 14.1. The molecule has 0 spiro atoms. The van der Waals surface area contributed by atoms with Crippen LogP contribution in [0.3, 0.4) is 0 Å². The first-order valence-electron chi connectivity index (χ1n) is 10.4. The molecule has 3 aromatic rings. The van der Waals surface area contributed by atoms with Crippen molar-refractivity contribution < 1.29 is 44.3 Å². The Bertz CT molecular complexity index is 1200. The molecular formula is C24H23Cl2N2NaO3S3. The number of carbonyl (C=O) groups is 2. The maximum Gasteiger partial charge on any atom is 1.00 e. The Morgan fingerprint density at radius 1 is 1.11 bits per heavy atom. The summed E-state index contributed by atoms with van der Waals surface area (Å²) in [7, 11) is 3.48. The summed E-state index contributed by atoms with van der Waals surface area (Å²) < 4.78 is 1.48. The molecule has 2 heterocycles. The minimum absolute atomic E-state index is 0. The average molecular weight is 578 g/mol. The van der Waals surface area contributed by atoms with E-state index >= 15 is 0 Å². The number of aliphatic carboxylic acids is 1. The molecule has 35 heavy (non-hydrogen) atoms. The van der Waals surface area contributed by atoms with Gasteiger partial charge in [-0.05, 0) is 47.6 Å². The number of nitrogens with zero attached hydrogens (tertiary/aromatic N) is 2. The standard InChI is InChI=1S/C24H24Cl2N2O3S3.Na/c1-28(2)19(29)10-12-32-24(33-13-11-20(30)31)16-5-3-4-15(14-16)6-7-17-8-9-18-22(27-17)21(25)23(26)34-18;/h3-9,14,24H,10-13H2,1-2H3,(H,30,31);/q;+1/p-1/b7-6+;. The van der Waals surface area contributed by atoms with Crippen molar-refractivity contribution in [2.24, 2.45) is 0 Å². The fourth-order valence-corrected chi connectivity index (χ4v) is 7.05. The molecule has 5 nitrogen and oxygen atoms in total. The largest absolute Gasteiger partial charge is 1.00 e. The van der Waals surface area contributed by atoms with E-state index in [1.54, 1.807) is 42.5 Å². The van der Waals surface area contributed by atoms with Crippen LogP contribution in [0.5, 0.6) is 0 Å². The van der Waals surface area contributed by atoms with Crippen molar-refractivity contribution in [1.82, 2.24) is 9.88 Å². The number of amides is 1. The molecule has 0 bridgehead atoms. The van der Waals surface area contributed by atoms with Crippen LogP contribution in [0.25, 0.3) is 22.4 Å². The van der Waals surface area contributed by atoms with Gasteiger partial charge in [-0.3, -0.25) is 4.79 Å². The van der Waals surface area contributed by atoms with Crippen molar-refractivity contribution in [3.63, 3.8) is 0 Å². The van der Waals surface area contributed by atoms with Gasteiger partial charge in [0.1, 0.15) is 9.85 Å². The van der Waals surface area contributed by atoms with E-state index in [0.717, 1.165) is 21.5 Å². The van der Waals surface area contributed by atoms with Gasteiger partial charge in [0.2, 0.25) is 5.91 Å². The zero-order valence-electron chi connectivity index (χ0n) is 19.6. The first kappa shape index (κ1) is 30.5. The number of benzene rings is 1. The van der Waals surface area contributed by atoms with Crippen LogP contribution in [-0.4, -0.2) is 47.4 Å². The number of halogens is 2. The normalized spacial score (nSPS) is 12.0. The zero-order chi connectivity index (χ0) is 24.7. The van der Waals surface area contributed by atoms with Crippen LogP contribution in [0.1, 0.15) is 34.2 Å². The van der Waals surface area contributed by atoms with E-state index in [9.17, 15) is 14.7 Å². The second-order valence-corrected chi connectivity index (χ2v) is 12.3. The molecule has 0 saturated heterocycles. The molecule has 1 unspecified atom stereocenters. The van der Waals surface area contributed by atoms with E-state index < -0.39 is 5.97 Å². The summed E-state index contributed by atoms with van der Waals surface area (Å²) in [5, 5.41) is 11.3. The van der Waals surface area contributed by atoms with Gasteiger partial charge in [0, 0.05) is 32.2 Å². The van der Waals surface area contributed by atoms with Crippen molar-refractivity contribution in [3.05, 3.63) is 62.6 Å². The van der Waals surface area contributed by atoms with Crippen molar-refractivity contribution in [3.8, 4) is 0 Å². The molecule has 1 amide bonds. The summed E-state index contributed by atoms with van der Waals surface area (Å²) in [6, 6.07) is 11.9. The van der Waals surface area contributed by atoms with Gasteiger partial charge in [0.15, 0.2) is 0 Å². The Kier molecular flexibility index (Phi) is 13.0. The number of hydrogen-bond acceptors (Lipinski definition) is 7. The molecule has 180 valence electrons. The smallest absolute Gasteiger partial charge is 0.550 e. The topological polar surface area (TPSA) is 73.3 Å². The van der Waals surface area contributed by atoms with E-state index in [2.05, 4.69) is 11.1 Å². The minimum atomic E-state index is -1.06. The van der Waals surface area contributed by atoms with Crippen molar-refractivity contribution in [1.29, 1.82) is 0 Å². The fourth-order valence-electron chi connectivity index (χ4n) is 2.99. The Morgan fingerprint density at radius 3 is 2.51 bits per heavy atom. The molecule has 0 saturated carbocycles. The van der Waals surface area contributed by atoms with Crippen LogP contribution in [0.4, 0.5) is 0 Å². The molecule has 2 aromatic heterocycles. The summed E-state index contributed by atoms with van der Waals surface area (Å²) in [5.74, 6) is 0.0927. The Morgan fingerprint density at radius 2 is 1.83 bits per heavy atom. The van der Waals surface area contributed by atoms with Gasteiger partial charge in [-0.1, -0.05) is 47.5 Å². The number of carboxylic acids is 1. The van der Waals surface area contributed by atoms with Gasteiger partial charge in [0.05, 0.1) is 20.0 Å². The number of fused-ring (bicyclic) bond motifs is 1. The third-order valence-electron chi connectivity index (χ3n) is 4.75. The number of pyridine rings is 1. The second kappa shape index (κ2) is 14.9. The van der Waals surface area contributed by atoms with Gasteiger partial charge >= 0.3 is 29.6 Å². The minimum Gasteiger partial charge on any atom is -0.550 e. The predicted molar refractivity (Wildman–Crippen MR) is 146 cm³/mol. The molecule has 1 atom stereocenters. The Labute approximate surface area is 249 Å². The maximum absolute atomic E-state index is 11.9. The molecule has 3 rings (SSSR count). The average Bonchev–Trinajstić information content (AvgIpc) is 3.09. The Hall–Kier alpha value is -0.710. The van der Waals surface area contributed by atoms with E-state index in [1.807, 2.05) is 42.5 Å². The SMILES string of the molecule is CN(C)C(=O)CCSC(SCCC(=O)[O-])c1cccc(/C=C/c2ccc3sc(Cl)c(Cl)c3n2)c1.[Na+]. The molecule has 0 N–H and O–H groups in total. The van der Waals surface area contributed by atoms with Crippen molar-refractivity contribution in [2.45, 2.75) is 17.4 Å². The van der Waals surface area contributed by atoms with E-state index in [4.69, 9.17) is 23.2 Å². The molecule has 0 fully saturated rings. The van der Waals surface area contributed by atoms with Gasteiger partial charge in [-0.2, -0.15) is 0 Å². The molecular weight excluding hydrogens is 554 g/mol. The van der Waals surface area contributed by atoms with Crippen molar-refractivity contribution >= 4 is 92.3 Å². The third-order valence-corrected chi connectivity index (χ3v) is 9.52. The summed E-state index contributed by atoms with van der Waals surface area (Å²) in [4.78, 5) is 29.0. The van der Waals surface area contributed by atoms with Crippen LogP contribution in [0, 0.1) is 0 Å². The van der Waals surface area contributed by atoms with Gasteiger partial charge in [-0.15, -0.1) is 34.9 Å². The number of rotatable bonds is 11. The number of hydrogen-bond donors (Lipinski definition) is 0. The van der Waals surface area contributed by atoms with Crippen LogP contribution < -0.4 is 34.7 Å². The Balaban J connectivity index is 0.00000432. The van der Waals surface area contributed by atoms with Crippen LogP contribution in [0.2, 0.25) is 9.36 Å². The quantitative estimate of drug-likeness (QED) is 0.258. The van der Waals surface area contributed by atoms with Crippen LogP contribution in [0.15, 0.2) is 36.4 Å². The monoisotopic (exact) mass is 576 g/mol. The number of thioether (sulfide) groups is 2. The maximum atomic E-state index is 11.9. The number of aromatic nitrogens is 1. The van der Waals surface area contributed by atoms with E-state index in [0.29, 0.717) is 32.8 Å². The molecule has 0 radical (unpaired) electrons. The van der Waals surface area contributed by atoms with E-state index in [1.165, 1.54) is 11.3 Å². The zero-order valence-corrected chi connectivity index (χ0v) is 25.6. The van der Waals surface area contributed by atoms with Gasteiger partial charge in [0.25, 0.3) is 0 Å². The number of thiophene rings is 1. The molecule has 0 aliphatic rings. The van der Waals surface area contributed by atoms with Crippen LogP contribution in [-0.2, 0) is 9.59 Å². The van der Waals surface area contributed by atoms with Gasteiger partial charge in [-0.25, -0.2) is 4.98 Å². The second-order valence-electron chi connectivity index (χ2n) is 7.51. The molecule has 1 aromatic carbocycles. The molecule has 0 aliphatic heterocycles. The third kappa shape index (κ3) is 9.27. The summed E-state index contributed by atoms with van der Waals surface area (Å²) in [6.07, 6.45) is 4.31. The predicted octanol–water partition coefficient (Wildman–Crippen LogP) is 2.86. The van der Waals surface area contributed by atoms with Gasteiger partial charge < -0.3 is 14.8 Å². The number of carbonyl (C=O) groups excluding carboxylic acids is 2. The summed E-state index contributed by atoms with van der Waals surface area (Å²) in [5.41, 5.74) is 3.51. The molecule has 0 aliphatic carbocycles. The van der Waals surface area contributed by atoms with Crippen LogP contribution >= 0.6 is 58.1 Å². The summed E-state index contributed by atoms with van der Waals surface area (Å²) in [6.45, 7) is 0. The summed E-state index contributed by atoms with van der Waals surface area (Å²) >= 11 is 17.0. The number of carboxylic acid groups (broad SMARTS) is 1. The molecule has 11 heteroatoms.